The molecule has 1 heterocycles. The zero-order valence-corrected chi connectivity index (χ0v) is 12.6. The van der Waals surface area contributed by atoms with Gasteiger partial charge >= 0.3 is 0 Å². The van der Waals surface area contributed by atoms with Crippen molar-refractivity contribution < 1.29 is 14.3 Å². The number of hydrogen-bond donors (Lipinski definition) is 2. The van der Waals surface area contributed by atoms with Gasteiger partial charge in [-0.1, -0.05) is 6.42 Å². The maximum Gasteiger partial charge on any atom is 0.220 e. The van der Waals surface area contributed by atoms with Crippen molar-refractivity contribution in [2.24, 2.45) is 17.8 Å². The number of aliphatic hydroxyl groups excluding tert-OH is 1. The standard InChI is InChI=1S/C17H25NO3/c1-11(7-15(19)16-3-2-6-21-16)18-17(20)10-14-9-12-4-5-13(14)8-12/h2-3,6,11-15,19H,4-5,7-10H2,1H3,(H,18,20). The maximum atomic E-state index is 12.1. The quantitative estimate of drug-likeness (QED) is 0.847. The normalized spacial score (nSPS) is 30.3. The Kier molecular flexibility index (Phi) is 4.34. The molecule has 1 aromatic heterocycles. The van der Waals surface area contributed by atoms with E-state index in [1.165, 1.54) is 25.7 Å². The minimum Gasteiger partial charge on any atom is -0.467 e. The average molecular weight is 291 g/mol. The topological polar surface area (TPSA) is 62.5 Å². The lowest BCUT2D eigenvalue weighted by Crippen LogP contribution is -2.35. The van der Waals surface area contributed by atoms with Crippen LogP contribution in [0.2, 0.25) is 0 Å². The van der Waals surface area contributed by atoms with Crippen molar-refractivity contribution in [1.29, 1.82) is 0 Å². The molecule has 21 heavy (non-hydrogen) atoms. The van der Waals surface area contributed by atoms with Crippen LogP contribution in [0.1, 0.15) is 57.3 Å². The summed E-state index contributed by atoms with van der Waals surface area (Å²) in [5, 5.41) is 13.0. The Labute approximate surface area is 125 Å². The summed E-state index contributed by atoms with van der Waals surface area (Å²) in [6.45, 7) is 1.94. The van der Waals surface area contributed by atoms with Crippen molar-refractivity contribution in [3.8, 4) is 0 Å². The van der Waals surface area contributed by atoms with Gasteiger partial charge < -0.3 is 14.8 Å². The Morgan fingerprint density at radius 1 is 1.48 bits per heavy atom. The first-order valence-corrected chi connectivity index (χ1v) is 8.12. The Morgan fingerprint density at radius 3 is 2.95 bits per heavy atom. The number of nitrogens with one attached hydrogen (secondary N) is 1. The first-order chi connectivity index (χ1) is 10.1. The Balaban J connectivity index is 1.42. The largest absolute Gasteiger partial charge is 0.467 e. The van der Waals surface area contributed by atoms with Crippen LogP contribution in [0.4, 0.5) is 0 Å². The van der Waals surface area contributed by atoms with Gasteiger partial charge in [-0.25, -0.2) is 0 Å². The number of carbonyl (C=O) groups is 1. The molecule has 2 saturated carbocycles. The van der Waals surface area contributed by atoms with E-state index in [0.29, 0.717) is 24.5 Å². The first kappa shape index (κ1) is 14.6. The fraction of sp³-hybridized carbons (Fsp3) is 0.706. The molecule has 5 unspecified atom stereocenters. The molecule has 0 spiro atoms. The van der Waals surface area contributed by atoms with Crippen molar-refractivity contribution in [1.82, 2.24) is 5.32 Å². The second-order valence-electron chi connectivity index (χ2n) is 6.87. The Bertz CT molecular complexity index is 470. The molecule has 4 heteroatoms. The van der Waals surface area contributed by atoms with Crippen LogP contribution < -0.4 is 5.32 Å². The van der Waals surface area contributed by atoms with Gasteiger partial charge in [-0.15, -0.1) is 0 Å². The number of rotatable bonds is 6. The van der Waals surface area contributed by atoms with Crippen molar-refractivity contribution in [3.63, 3.8) is 0 Å². The minimum absolute atomic E-state index is 0.0452. The number of aliphatic hydroxyl groups is 1. The molecule has 0 radical (unpaired) electrons. The first-order valence-electron chi connectivity index (χ1n) is 8.12. The third kappa shape index (κ3) is 3.49. The van der Waals surface area contributed by atoms with E-state index in [1.54, 1.807) is 18.4 Å². The van der Waals surface area contributed by atoms with Gasteiger partial charge in [0, 0.05) is 18.9 Å². The lowest BCUT2D eigenvalue weighted by molar-refractivity contribution is -0.123. The molecule has 0 saturated heterocycles. The molecule has 116 valence electrons. The summed E-state index contributed by atoms with van der Waals surface area (Å²) < 4.78 is 5.18. The SMILES string of the molecule is CC(CC(O)c1ccco1)NC(=O)CC1CC2CCC1C2. The maximum absolute atomic E-state index is 12.1. The molecule has 0 aromatic carbocycles. The van der Waals surface area contributed by atoms with E-state index >= 15 is 0 Å². The highest BCUT2D eigenvalue weighted by Crippen LogP contribution is 2.49. The summed E-state index contributed by atoms with van der Waals surface area (Å²) >= 11 is 0. The van der Waals surface area contributed by atoms with E-state index in [0.717, 1.165) is 11.8 Å². The smallest absolute Gasteiger partial charge is 0.220 e. The molecule has 1 amide bonds. The van der Waals surface area contributed by atoms with Crippen LogP contribution >= 0.6 is 0 Å². The molecule has 2 N–H and O–H groups in total. The molecular formula is C17H25NO3. The molecule has 5 atom stereocenters. The van der Waals surface area contributed by atoms with Crippen molar-refractivity contribution in [2.45, 2.75) is 57.6 Å². The fourth-order valence-corrected chi connectivity index (χ4v) is 4.19. The Hall–Kier alpha value is -1.29. The molecular weight excluding hydrogens is 266 g/mol. The average Bonchev–Trinajstić information content (AvgIpc) is 3.15. The predicted octanol–water partition coefficient (Wildman–Crippen LogP) is 3.03. The van der Waals surface area contributed by atoms with Crippen LogP contribution in [0.5, 0.6) is 0 Å². The lowest BCUT2D eigenvalue weighted by atomic mass is 9.86. The third-order valence-corrected chi connectivity index (χ3v) is 5.19. The number of hydrogen-bond acceptors (Lipinski definition) is 3. The van der Waals surface area contributed by atoms with Crippen LogP contribution in [-0.4, -0.2) is 17.1 Å². The van der Waals surface area contributed by atoms with Crippen LogP contribution in [0.3, 0.4) is 0 Å². The second-order valence-corrected chi connectivity index (χ2v) is 6.87. The summed E-state index contributed by atoms with van der Waals surface area (Å²) in [6.07, 6.45) is 7.29. The summed E-state index contributed by atoms with van der Waals surface area (Å²) in [7, 11) is 0. The van der Waals surface area contributed by atoms with Crippen molar-refractivity contribution in [2.75, 3.05) is 0 Å². The molecule has 0 aliphatic heterocycles. The van der Waals surface area contributed by atoms with Crippen molar-refractivity contribution in [3.05, 3.63) is 24.2 Å². The summed E-state index contributed by atoms with van der Waals surface area (Å²) in [5.41, 5.74) is 0. The van der Waals surface area contributed by atoms with E-state index in [9.17, 15) is 9.90 Å². The predicted molar refractivity (Wildman–Crippen MR) is 79.4 cm³/mol. The fourth-order valence-electron chi connectivity index (χ4n) is 4.19. The van der Waals surface area contributed by atoms with Gasteiger partial charge in [-0.05, 0) is 56.1 Å². The van der Waals surface area contributed by atoms with Crippen LogP contribution in [0, 0.1) is 17.8 Å². The number of fused-ring (bicyclic) bond motifs is 2. The molecule has 2 fully saturated rings. The molecule has 1 aromatic rings. The second kappa shape index (κ2) is 6.22. The van der Waals surface area contributed by atoms with Gasteiger partial charge in [0.25, 0.3) is 0 Å². The van der Waals surface area contributed by atoms with E-state index in [1.807, 2.05) is 6.92 Å². The Morgan fingerprint density at radius 2 is 2.33 bits per heavy atom. The molecule has 2 aliphatic rings. The van der Waals surface area contributed by atoms with Gasteiger partial charge in [0.05, 0.1) is 6.26 Å². The van der Waals surface area contributed by atoms with Crippen LogP contribution in [0.15, 0.2) is 22.8 Å². The highest BCUT2D eigenvalue weighted by atomic mass is 16.4. The van der Waals surface area contributed by atoms with Gasteiger partial charge in [0.2, 0.25) is 5.91 Å². The zero-order chi connectivity index (χ0) is 14.8. The monoisotopic (exact) mass is 291 g/mol. The molecule has 2 bridgehead atoms. The summed E-state index contributed by atoms with van der Waals surface area (Å²) in [4.78, 5) is 12.1. The molecule has 4 nitrogen and oxygen atoms in total. The number of amides is 1. The van der Waals surface area contributed by atoms with E-state index < -0.39 is 6.10 Å². The van der Waals surface area contributed by atoms with Gasteiger partial charge in [-0.2, -0.15) is 0 Å². The molecule has 3 rings (SSSR count). The summed E-state index contributed by atoms with van der Waals surface area (Å²) in [5.74, 6) is 2.94. The third-order valence-electron chi connectivity index (χ3n) is 5.19. The summed E-state index contributed by atoms with van der Waals surface area (Å²) in [6, 6.07) is 3.47. The van der Waals surface area contributed by atoms with E-state index in [2.05, 4.69) is 5.32 Å². The van der Waals surface area contributed by atoms with Crippen molar-refractivity contribution >= 4 is 5.91 Å². The number of carbonyl (C=O) groups excluding carboxylic acids is 1. The van der Waals surface area contributed by atoms with Gasteiger partial charge in [-0.3, -0.25) is 4.79 Å². The van der Waals surface area contributed by atoms with Crippen LogP contribution in [0.25, 0.3) is 0 Å². The highest BCUT2D eigenvalue weighted by molar-refractivity contribution is 5.76. The lowest BCUT2D eigenvalue weighted by Gasteiger charge is -2.22. The van der Waals surface area contributed by atoms with Gasteiger partial charge in [0.15, 0.2) is 0 Å². The minimum atomic E-state index is -0.655. The van der Waals surface area contributed by atoms with Gasteiger partial charge in [0.1, 0.15) is 11.9 Å². The zero-order valence-electron chi connectivity index (χ0n) is 12.6. The van der Waals surface area contributed by atoms with Crippen LogP contribution in [-0.2, 0) is 4.79 Å². The number of furan rings is 1. The van der Waals surface area contributed by atoms with E-state index in [-0.39, 0.29) is 11.9 Å². The highest BCUT2D eigenvalue weighted by Gasteiger charge is 2.40. The molecule has 2 aliphatic carbocycles. The van der Waals surface area contributed by atoms with E-state index in [4.69, 9.17) is 4.42 Å².